The number of nitrogens with one attached hydrogen (secondary N) is 1. The number of hydrogen-bond donors (Lipinski definition) is 1. The molecular weight excluding hydrogens is 358 g/mol. The zero-order chi connectivity index (χ0) is 19.3. The van der Waals surface area contributed by atoms with Gasteiger partial charge >= 0.3 is 0 Å². The Morgan fingerprint density at radius 3 is 2.62 bits per heavy atom. The molecule has 138 valence electrons. The van der Waals surface area contributed by atoms with Crippen LogP contribution in [-0.4, -0.2) is 43.5 Å². The molecule has 0 saturated heterocycles. The Labute approximate surface area is 156 Å². The fraction of sp³-hybridized carbons (Fsp3) is 0.278. The van der Waals surface area contributed by atoms with Crippen LogP contribution < -0.4 is 10.1 Å². The van der Waals surface area contributed by atoms with Gasteiger partial charge in [0, 0.05) is 24.2 Å². The molecule has 0 aliphatic carbocycles. The topological polar surface area (TPSA) is 84.7 Å². The third-order valence-electron chi connectivity index (χ3n) is 3.98. The lowest BCUT2D eigenvalue weighted by Gasteiger charge is -2.26. The van der Waals surface area contributed by atoms with Gasteiger partial charge in [0.15, 0.2) is 0 Å². The fourth-order valence-electron chi connectivity index (χ4n) is 2.60. The Bertz CT molecular complexity index is 811. The molecule has 7 nitrogen and oxygen atoms in total. The summed E-state index contributed by atoms with van der Waals surface area (Å²) in [6, 6.07) is 11.2. The Morgan fingerprint density at radius 2 is 2.00 bits per heavy atom. The van der Waals surface area contributed by atoms with E-state index in [0.29, 0.717) is 5.75 Å². The first-order valence-electron chi connectivity index (χ1n) is 7.86. The van der Waals surface area contributed by atoms with Gasteiger partial charge in [-0.05, 0) is 26.2 Å². The zero-order valence-corrected chi connectivity index (χ0v) is 15.5. The predicted molar refractivity (Wildman–Crippen MR) is 99.9 cm³/mol. The third-order valence-corrected chi connectivity index (χ3v) is 4.31. The molecule has 1 unspecified atom stereocenters. The number of non-ortho nitro benzene ring substituents is 1. The average Bonchev–Trinajstić information content (AvgIpc) is 2.61. The standard InChI is InChI=1S/C18H20ClN3O4/c1-21(2)16(13-6-4-5-7-17(13)26-3)11-20-18(23)14-10-12(22(24)25)8-9-15(14)19/h4-10,16H,11H2,1-3H3,(H,20,23). The summed E-state index contributed by atoms with van der Waals surface area (Å²) in [6.45, 7) is 0.283. The van der Waals surface area contributed by atoms with Gasteiger partial charge in [0.25, 0.3) is 11.6 Å². The summed E-state index contributed by atoms with van der Waals surface area (Å²) in [7, 11) is 5.38. The maximum absolute atomic E-state index is 12.5. The van der Waals surface area contributed by atoms with E-state index in [0.717, 1.165) is 5.56 Å². The minimum absolute atomic E-state index is 0.0680. The Balaban J connectivity index is 2.21. The minimum atomic E-state index is -0.565. The number of methoxy groups -OCH3 is 1. The van der Waals surface area contributed by atoms with Crippen LogP contribution in [0.4, 0.5) is 5.69 Å². The van der Waals surface area contributed by atoms with E-state index < -0.39 is 10.8 Å². The van der Waals surface area contributed by atoms with Crippen LogP contribution in [0.1, 0.15) is 22.0 Å². The van der Waals surface area contributed by atoms with E-state index >= 15 is 0 Å². The number of halogens is 1. The maximum Gasteiger partial charge on any atom is 0.270 e. The minimum Gasteiger partial charge on any atom is -0.496 e. The Hall–Kier alpha value is -2.64. The number of hydrogen-bond acceptors (Lipinski definition) is 5. The second-order valence-corrected chi connectivity index (χ2v) is 6.26. The van der Waals surface area contributed by atoms with E-state index in [1.807, 2.05) is 43.3 Å². The summed E-state index contributed by atoms with van der Waals surface area (Å²) in [5, 5.41) is 13.9. The summed E-state index contributed by atoms with van der Waals surface area (Å²) in [4.78, 5) is 24.8. The molecule has 0 spiro atoms. The van der Waals surface area contributed by atoms with Crippen molar-refractivity contribution in [1.82, 2.24) is 10.2 Å². The highest BCUT2D eigenvalue weighted by atomic mass is 35.5. The van der Waals surface area contributed by atoms with Crippen molar-refractivity contribution in [2.24, 2.45) is 0 Å². The number of benzene rings is 2. The molecule has 0 radical (unpaired) electrons. The number of para-hydroxylation sites is 1. The van der Waals surface area contributed by atoms with E-state index in [4.69, 9.17) is 16.3 Å². The second kappa shape index (κ2) is 8.64. The lowest BCUT2D eigenvalue weighted by atomic mass is 10.0. The fourth-order valence-corrected chi connectivity index (χ4v) is 2.80. The molecule has 8 heteroatoms. The van der Waals surface area contributed by atoms with Crippen molar-refractivity contribution in [2.75, 3.05) is 27.7 Å². The number of nitrogens with zero attached hydrogens (tertiary/aromatic N) is 2. The first-order chi connectivity index (χ1) is 12.3. The molecule has 1 N–H and O–H groups in total. The maximum atomic E-state index is 12.5. The van der Waals surface area contributed by atoms with Crippen LogP contribution in [0.2, 0.25) is 5.02 Å². The summed E-state index contributed by atoms with van der Waals surface area (Å²) in [5.74, 6) is 0.245. The van der Waals surface area contributed by atoms with Crippen molar-refractivity contribution in [3.05, 3.63) is 68.7 Å². The van der Waals surface area contributed by atoms with Crippen molar-refractivity contribution in [1.29, 1.82) is 0 Å². The molecule has 26 heavy (non-hydrogen) atoms. The molecule has 2 rings (SSSR count). The number of amides is 1. The van der Waals surface area contributed by atoms with Crippen LogP contribution >= 0.6 is 11.6 Å². The van der Waals surface area contributed by atoms with Gasteiger partial charge in [0.2, 0.25) is 0 Å². The van der Waals surface area contributed by atoms with Crippen molar-refractivity contribution in [2.45, 2.75) is 6.04 Å². The highest BCUT2D eigenvalue weighted by Crippen LogP contribution is 2.28. The molecule has 0 aliphatic heterocycles. The van der Waals surface area contributed by atoms with E-state index in [1.165, 1.54) is 18.2 Å². The quantitative estimate of drug-likeness (QED) is 0.591. The van der Waals surface area contributed by atoms with Gasteiger partial charge < -0.3 is 15.0 Å². The smallest absolute Gasteiger partial charge is 0.270 e. The van der Waals surface area contributed by atoms with Crippen molar-refractivity contribution in [3.63, 3.8) is 0 Å². The van der Waals surface area contributed by atoms with E-state index in [9.17, 15) is 14.9 Å². The van der Waals surface area contributed by atoms with Crippen LogP contribution in [0.15, 0.2) is 42.5 Å². The van der Waals surface area contributed by atoms with Crippen molar-refractivity contribution < 1.29 is 14.5 Å². The van der Waals surface area contributed by atoms with Crippen molar-refractivity contribution in [3.8, 4) is 5.75 Å². The van der Waals surface area contributed by atoms with Crippen LogP contribution in [-0.2, 0) is 0 Å². The third kappa shape index (κ3) is 4.50. The van der Waals surface area contributed by atoms with Gasteiger partial charge in [0.1, 0.15) is 5.75 Å². The Morgan fingerprint density at radius 1 is 1.31 bits per heavy atom. The second-order valence-electron chi connectivity index (χ2n) is 5.85. The first-order valence-corrected chi connectivity index (χ1v) is 8.24. The predicted octanol–water partition coefficient (Wildman–Crippen LogP) is 3.29. The van der Waals surface area contributed by atoms with Crippen LogP contribution in [0.5, 0.6) is 5.75 Å². The number of carbonyl (C=O) groups is 1. The summed E-state index contributed by atoms with van der Waals surface area (Å²) >= 11 is 6.02. The molecule has 1 amide bonds. The first kappa shape index (κ1) is 19.7. The van der Waals surface area contributed by atoms with Gasteiger partial charge in [-0.3, -0.25) is 14.9 Å². The zero-order valence-electron chi connectivity index (χ0n) is 14.7. The summed E-state index contributed by atoms with van der Waals surface area (Å²) in [5.41, 5.74) is 0.803. The molecule has 2 aromatic carbocycles. The molecule has 0 fully saturated rings. The molecule has 2 aromatic rings. The van der Waals surface area contributed by atoms with Gasteiger partial charge in [-0.25, -0.2) is 0 Å². The van der Waals surface area contributed by atoms with Crippen LogP contribution in [0.3, 0.4) is 0 Å². The molecule has 0 aromatic heterocycles. The number of likely N-dealkylation sites (N-methyl/N-ethyl adjacent to an activating group) is 1. The molecule has 0 saturated carbocycles. The molecule has 0 aliphatic rings. The van der Waals surface area contributed by atoms with Crippen LogP contribution in [0, 0.1) is 10.1 Å². The van der Waals surface area contributed by atoms with Gasteiger partial charge in [-0.15, -0.1) is 0 Å². The van der Waals surface area contributed by atoms with Gasteiger partial charge in [-0.1, -0.05) is 29.8 Å². The number of ether oxygens (including phenoxy) is 1. The van der Waals surface area contributed by atoms with E-state index in [2.05, 4.69) is 5.32 Å². The normalized spacial score (nSPS) is 11.9. The number of nitro groups is 1. The molecular formula is C18H20ClN3O4. The molecule has 0 heterocycles. The monoisotopic (exact) mass is 377 g/mol. The summed E-state index contributed by atoms with van der Waals surface area (Å²) in [6.07, 6.45) is 0. The van der Waals surface area contributed by atoms with Gasteiger partial charge in [-0.2, -0.15) is 0 Å². The molecule has 0 bridgehead atoms. The number of rotatable bonds is 7. The number of nitro benzene ring substituents is 1. The van der Waals surface area contributed by atoms with E-state index in [1.54, 1.807) is 7.11 Å². The largest absolute Gasteiger partial charge is 0.496 e. The average molecular weight is 378 g/mol. The SMILES string of the molecule is COc1ccccc1C(CNC(=O)c1cc([N+](=O)[O-])ccc1Cl)N(C)C. The van der Waals surface area contributed by atoms with Crippen LogP contribution in [0.25, 0.3) is 0 Å². The highest BCUT2D eigenvalue weighted by Gasteiger charge is 2.21. The highest BCUT2D eigenvalue weighted by molar-refractivity contribution is 6.33. The van der Waals surface area contributed by atoms with Gasteiger partial charge in [0.05, 0.1) is 28.7 Å². The molecule has 1 atom stereocenters. The lowest BCUT2D eigenvalue weighted by Crippen LogP contribution is -2.34. The summed E-state index contributed by atoms with van der Waals surface area (Å²) < 4.78 is 5.39. The number of carbonyl (C=O) groups excluding carboxylic acids is 1. The van der Waals surface area contributed by atoms with E-state index in [-0.39, 0.29) is 28.9 Å². The Kier molecular flexibility index (Phi) is 6.54. The van der Waals surface area contributed by atoms with Crippen molar-refractivity contribution >= 4 is 23.2 Å². The lowest BCUT2D eigenvalue weighted by molar-refractivity contribution is -0.384.